The highest BCUT2D eigenvalue weighted by Gasteiger charge is 2.21. The minimum Gasteiger partial charge on any atom is -0.354 e. The molecule has 0 unspecified atom stereocenters. The van der Waals surface area contributed by atoms with E-state index < -0.39 is 0 Å². The number of nitrogens with one attached hydrogen (secondary N) is 2. The summed E-state index contributed by atoms with van der Waals surface area (Å²) in [6.45, 7) is 0.581. The number of hydrogen-bond donors (Lipinski definition) is 2. The first-order valence-electron chi connectivity index (χ1n) is 9.36. The SMILES string of the molecule is O=C(CNC(=O)C1CCCCC1)NCCc1cnn(-c2ccccc2)c1. The molecule has 0 radical (unpaired) electrons. The number of nitrogens with zero attached hydrogens (tertiary/aromatic N) is 2. The predicted octanol–water partition coefficient (Wildman–Crippen LogP) is 2.23. The number of rotatable bonds is 7. The summed E-state index contributed by atoms with van der Waals surface area (Å²) in [5.74, 6) is -0.0472. The van der Waals surface area contributed by atoms with Crippen molar-refractivity contribution < 1.29 is 9.59 Å². The standard InChI is InChI=1S/C20H26N4O2/c25-19(14-22-20(26)17-7-3-1-4-8-17)21-12-11-16-13-23-24(15-16)18-9-5-2-6-10-18/h2,5-6,9-10,13,15,17H,1,3-4,7-8,11-12,14H2,(H,21,25)(H,22,26). The van der Waals surface area contributed by atoms with Crippen LogP contribution in [0.2, 0.25) is 0 Å². The molecule has 0 atom stereocenters. The molecule has 6 heteroatoms. The van der Waals surface area contributed by atoms with E-state index in [0.29, 0.717) is 13.0 Å². The molecule has 3 rings (SSSR count). The Labute approximate surface area is 154 Å². The van der Waals surface area contributed by atoms with Crippen LogP contribution < -0.4 is 10.6 Å². The second-order valence-corrected chi connectivity index (χ2v) is 6.78. The molecule has 138 valence electrons. The Morgan fingerprint density at radius 3 is 2.62 bits per heavy atom. The lowest BCUT2D eigenvalue weighted by Gasteiger charge is -2.20. The molecule has 1 aliphatic carbocycles. The maximum absolute atomic E-state index is 12.0. The molecule has 1 aromatic carbocycles. The number of hydrogen-bond acceptors (Lipinski definition) is 3. The van der Waals surface area contributed by atoms with Crippen LogP contribution in [0.1, 0.15) is 37.7 Å². The first-order chi connectivity index (χ1) is 12.7. The van der Waals surface area contributed by atoms with Gasteiger partial charge < -0.3 is 10.6 Å². The maximum Gasteiger partial charge on any atom is 0.239 e. The molecule has 0 saturated heterocycles. The Bertz CT molecular complexity index is 720. The Morgan fingerprint density at radius 1 is 1.08 bits per heavy atom. The normalized spacial score (nSPS) is 14.8. The van der Waals surface area contributed by atoms with Gasteiger partial charge in [0, 0.05) is 18.7 Å². The van der Waals surface area contributed by atoms with Crippen LogP contribution in [0.5, 0.6) is 0 Å². The van der Waals surface area contributed by atoms with Crippen LogP contribution in [0.15, 0.2) is 42.7 Å². The van der Waals surface area contributed by atoms with Crippen molar-refractivity contribution in [3.05, 3.63) is 48.3 Å². The van der Waals surface area contributed by atoms with Crippen molar-refractivity contribution in [2.24, 2.45) is 5.92 Å². The first-order valence-corrected chi connectivity index (χ1v) is 9.36. The van der Waals surface area contributed by atoms with E-state index >= 15 is 0 Å². The van der Waals surface area contributed by atoms with Crippen LogP contribution in [0.25, 0.3) is 5.69 Å². The van der Waals surface area contributed by atoms with Crippen molar-refractivity contribution in [1.29, 1.82) is 0 Å². The van der Waals surface area contributed by atoms with E-state index in [4.69, 9.17) is 0 Å². The number of aromatic nitrogens is 2. The van der Waals surface area contributed by atoms with Crippen LogP contribution in [0, 0.1) is 5.92 Å². The Morgan fingerprint density at radius 2 is 1.85 bits per heavy atom. The molecule has 2 N–H and O–H groups in total. The lowest BCUT2D eigenvalue weighted by atomic mass is 9.89. The molecule has 1 saturated carbocycles. The summed E-state index contributed by atoms with van der Waals surface area (Å²) < 4.78 is 1.82. The van der Waals surface area contributed by atoms with Gasteiger partial charge in [-0.2, -0.15) is 5.10 Å². The number of para-hydroxylation sites is 1. The van der Waals surface area contributed by atoms with Gasteiger partial charge in [0.15, 0.2) is 0 Å². The van der Waals surface area contributed by atoms with Crippen LogP contribution >= 0.6 is 0 Å². The predicted molar refractivity (Wildman–Crippen MR) is 99.9 cm³/mol. The lowest BCUT2D eigenvalue weighted by molar-refractivity contribution is -0.129. The summed E-state index contributed by atoms with van der Waals surface area (Å²) in [4.78, 5) is 23.9. The van der Waals surface area contributed by atoms with Gasteiger partial charge >= 0.3 is 0 Å². The number of benzene rings is 1. The third-order valence-electron chi connectivity index (χ3n) is 4.79. The summed E-state index contributed by atoms with van der Waals surface area (Å²) >= 11 is 0. The lowest BCUT2D eigenvalue weighted by Crippen LogP contribution is -2.40. The monoisotopic (exact) mass is 354 g/mol. The summed E-state index contributed by atoms with van der Waals surface area (Å²) in [6.07, 6.45) is 9.80. The van der Waals surface area contributed by atoms with Crippen molar-refractivity contribution in [1.82, 2.24) is 20.4 Å². The fraction of sp³-hybridized carbons (Fsp3) is 0.450. The molecule has 0 spiro atoms. The van der Waals surface area contributed by atoms with Crippen LogP contribution in [-0.2, 0) is 16.0 Å². The summed E-state index contributed by atoms with van der Waals surface area (Å²) in [5.41, 5.74) is 2.06. The minimum absolute atomic E-state index is 0.0176. The van der Waals surface area contributed by atoms with Gasteiger partial charge in [-0.05, 0) is 37.0 Å². The van der Waals surface area contributed by atoms with Crippen LogP contribution in [0.4, 0.5) is 0 Å². The maximum atomic E-state index is 12.0. The van der Waals surface area contributed by atoms with Crippen LogP contribution in [0.3, 0.4) is 0 Å². The quantitative estimate of drug-likeness (QED) is 0.800. The largest absolute Gasteiger partial charge is 0.354 e. The molecule has 1 aliphatic rings. The van der Waals surface area contributed by atoms with Gasteiger partial charge in [-0.1, -0.05) is 37.5 Å². The molecule has 1 aromatic heterocycles. The van der Waals surface area contributed by atoms with Crippen molar-refractivity contribution in [3.8, 4) is 5.69 Å². The van der Waals surface area contributed by atoms with Crippen molar-refractivity contribution >= 4 is 11.8 Å². The average Bonchev–Trinajstić information content (AvgIpc) is 3.16. The number of carbonyl (C=O) groups is 2. The van der Waals surface area contributed by atoms with Gasteiger partial charge in [0.2, 0.25) is 11.8 Å². The van der Waals surface area contributed by atoms with Gasteiger partial charge in [-0.3, -0.25) is 9.59 Å². The van der Waals surface area contributed by atoms with Gasteiger partial charge in [-0.15, -0.1) is 0 Å². The topological polar surface area (TPSA) is 76.0 Å². The Kier molecular flexibility index (Phi) is 6.41. The zero-order valence-electron chi connectivity index (χ0n) is 15.0. The fourth-order valence-corrected chi connectivity index (χ4v) is 3.30. The highest BCUT2D eigenvalue weighted by Crippen LogP contribution is 2.23. The van der Waals surface area contributed by atoms with Crippen LogP contribution in [-0.4, -0.2) is 34.7 Å². The number of carbonyl (C=O) groups excluding carboxylic acids is 2. The molecule has 1 fully saturated rings. The molecular formula is C20H26N4O2. The zero-order valence-corrected chi connectivity index (χ0v) is 15.0. The van der Waals surface area contributed by atoms with Gasteiger partial charge in [0.05, 0.1) is 18.4 Å². The highest BCUT2D eigenvalue weighted by molar-refractivity contribution is 5.85. The van der Waals surface area contributed by atoms with Crippen molar-refractivity contribution in [2.75, 3.05) is 13.1 Å². The molecule has 1 heterocycles. The molecule has 6 nitrogen and oxygen atoms in total. The second-order valence-electron chi connectivity index (χ2n) is 6.78. The van der Waals surface area contributed by atoms with E-state index in [1.165, 1.54) is 6.42 Å². The summed E-state index contributed by atoms with van der Waals surface area (Å²) in [5, 5.41) is 9.95. The summed E-state index contributed by atoms with van der Waals surface area (Å²) in [7, 11) is 0. The van der Waals surface area contributed by atoms with Crippen molar-refractivity contribution in [2.45, 2.75) is 38.5 Å². The first kappa shape index (κ1) is 18.2. The molecular weight excluding hydrogens is 328 g/mol. The number of amides is 2. The second kappa shape index (κ2) is 9.17. The zero-order chi connectivity index (χ0) is 18.2. The van der Waals surface area contributed by atoms with E-state index in [2.05, 4.69) is 15.7 Å². The van der Waals surface area contributed by atoms with Gasteiger partial charge in [0.25, 0.3) is 0 Å². The molecule has 0 aliphatic heterocycles. The highest BCUT2D eigenvalue weighted by atomic mass is 16.2. The van der Waals surface area contributed by atoms with E-state index in [9.17, 15) is 9.59 Å². The Hall–Kier alpha value is -2.63. The smallest absolute Gasteiger partial charge is 0.239 e. The molecule has 26 heavy (non-hydrogen) atoms. The van der Waals surface area contributed by atoms with E-state index in [-0.39, 0.29) is 24.3 Å². The van der Waals surface area contributed by atoms with Gasteiger partial charge in [-0.25, -0.2) is 4.68 Å². The van der Waals surface area contributed by atoms with Crippen molar-refractivity contribution in [3.63, 3.8) is 0 Å². The average molecular weight is 354 g/mol. The van der Waals surface area contributed by atoms with Gasteiger partial charge in [0.1, 0.15) is 0 Å². The third-order valence-corrected chi connectivity index (χ3v) is 4.79. The van der Waals surface area contributed by atoms with E-state index in [1.54, 1.807) is 0 Å². The minimum atomic E-state index is -0.149. The molecule has 0 bridgehead atoms. The molecule has 2 amide bonds. The third kappa shape index (κ3) is 5.18. The molecule has 2 aromatic rings. The fourth-order valence-electron chi connectivity index (χ4n) is 3.30. The van der Waals surface area contributed by atoms with E-state index in [1.807, 2.05) is 47.4 Å². The van der Waals surface area contributed by atoms with E-state index in [0.717, 1.165) is 36.9 Å². The Balaban J connectivity index is 1.36. The summed E-state index contributed by atoms with van der Waals surface area (Å²) in [6, 6.07) is 9.90.